The Labute approximate surface area is 110 Å². The highest BCUT2D eigenvalue weighted by Crippen LogP contribution is 2.38. The van der Waals surface area contributed by atoms with Crippen LogP contribution in [0.5, 0.6) is 0 Å². The van der Waals surface area contributed by atoms with Crippen molar-refractivity contribution < 1.29 is 0 Å². The first-order valence-electron chi connectivity index (χ1n) is 6.09. The number of halogens is 1. The lowest BCUT2D eigenvalue weighted by molar-refractivity contribution is 0.540. The lowest BCUT2D eigenvalue weighted by Crippen LogP contribution is -2.26. The van der Waals surface area contributed by atoms with Crippen molar-refractivity contribution in [1.82, 2.24) is 9.78 Å². The van der Waals surface area contributed by atoms with Crippen molar-refractivity contribution in [2.24, 2.45) is 0 Å². The minimum absolute atomic E-state index is 0.0484. The smallest absolute Gasteiger partial charge is 0.283 e. The third-order valence-corrected chi connectivity index (χ3v) is 3.91. The van der Waals surface area contributed by atoms with Crippen molar-refractivity contribution in [3.63, 3.8) is 0 Å². The van der Waals surface area contributed by atoms with E-state index in [1.54, 1.807) is 6.20 Å². The van der Waals surface area contributed by atoms with E-state index in [4.69, 9.17) is 0 Å². The molecule has 4 nitrogen and oxygen atoms in total. The van der Waals surface area contributed by atoms with E-state index in [1.807, 2.05) is 0 Å². The zero-order valence-electron chi connectivity index (χ0n) is 10.3. The largest absolute Gasteiger partial charge is 0.378 e. The van der Waals surface area contributed by atoms with Crippen LogP contribution >= 0.6 is 15.9 Å². The monoisotopic (exact) mass is 299 g/mol. The second-order valence-corrected chi connectivity index (χ2v) is 5.73. The van der Waals surface area contributed by atoms with Gasteiger partial charge in [-0.2, -0.15) is 5.10 Å². The Balaban J connectivity index is 2.19. The number of nitrogens with one attached hydrogen (secondary N) is 1. The summed E-state index contributed by atoms with van der Waals surface area (Å²) in [6.07, 6.45) is 6.08. The van der Waals surface area contributed by atoms with Crippen LogP contribution in [0.4, 0.5) is 5.69 Å². The Morgan fingerprint density at radius 2 is 2.29 bits per heavy atom. The van der Waals surface area contributed by atoms with Gasteiger partial charge in [0.05, 0.1) is 11.9 Å². The van der Waals surface area contributed by atoms with E-state index in [0.29, 0.717) is 11.0 Å². The predicted octanol–water partition coefficient (Wildman–Crippen LogP) is 2.77. The summed E-state index contributed by atoms with van der Waals surface area (Å²) in [6, 6.07) is 0. The van der Waals surface area contributed by atoms with E-state index in [1.165, 1.54) is 4.68 Å². The summed E-state index contributed by atoms with van der Waals surface area (Å²) in [5.74, 6) is 0. The lowest BCUT2D eigenvalue weighted by atomic mass is 10.3. The highest BCUT2D eigenvalue weighted by Gasteiger charge is 2.37. The normalized spacial score (nSPS) is 16.9. The zero-order chi connectivity index (χ0) is 12.5. The van der Waals surface area contributed by atoms with Gasteiger partial charge < -0.3 is 5.32 Å². The number of nitrogens with zero attached hydrogens (tertiary/aromatic N) is 2. The quantitative estimate of drug-likeness (QED) is 0.909. The van der Waals surface area contributed by atoms with Crippen molar-refractivity contribution in [1.29, 1.82) is 0 Å². The molecule has 1 aromatic rings. The first-order valence-corrected chi connectivity index (χ1v) is 6.89. The van der Waals surface area contributed by atoms with Crippen molar-refractivity contribution in [2.75, 3.05) is 5.32 Å². The molecule has 17 heavy (non-hydrogen) atoms. The maximum atomic E-state index is 12.0. The summed E-state index contributed by atoms with van der Waals surface area (Å²) in [5.41, 5.74) is 0.919. The zero-order valence-corrected chi connectivity index (χ0v) is 11.9. The molecule has 0 unspecified atom stereocenters. The van der Waals surface area contributed by atoms with Gasteiger partial charge in [-0.1, -0.05) is 13.3 Å². The molecule has 2 rings (SSSR count). The molecular weight excluding hydrogens is 282 g/mol. The average Bonchev–Trinajstić information content (AvgIpc) is 3.02. The van der Waals surface area contributed by atoms with Crippen LogP contribution in [0.3, 0.4) is 0 Å². The van der Waals surface area contributed by atoms with Gasteiger partial charge in [0.1, 0.15) is 4.47 Å². The van der Waals surface area contributed by atoms with Crippen molar-refractivity contribution >= 4 is 21.6 Å². The van der Waals surface area contributed by atoms with Gasteiger partial charge in [0.25, 0.3) is 5.56 Å². The van der Waals surface area contributed by atoms with Crippen LogP contribution in [0.1, 0.15) is 39.5 Å². The Morgan fingerprint density at radius 3 is 2.88 bits per heavy atom. The third-order valence-electron chi connectivity index (χ3n) is 3.14. The third kappa shape index (κ3) is 2.89. The SMILES string of the molecule is CCCCn1ncc(NC2(C)CC2)c(Br)c1=O. The highest BCUT2D eigenvalue weighted by atomic mass is 79.9. The Morgan fingerprint density at radius 1 is 1.59 bits per heavy atom. The molecule has 1 N–H and O–H groups in total. The first-order chi connectivity index (χ1) is 8.06. The highest BCUT2D eigenvalue weighted by molar-refractivity contribution is 9.10. The first kappa shape index (κ1) is 12.6. The molecule has 5 heteroatoms. The predicted molar refractivity (Wildman–Crippen MR) is 72.4 cm³/mol. The van der Waals surface area contributed by atoms with Crippen LogP contribution in [0.2, 0.25) is 0 Å². The van der Waals surface area contributed by atoms with Gasteiger partial charge in [-0.15, -0.1) is 0 Å². The van der Waals surface area contributed by atoms with Crippen LogP contribution in [-0.2, 0) is 6.54 Å². The fourth-order valence-electron chi connectivity index (χ4n) is 1.66. The van der Waals surface area contributed by atoms with E-state index < -0.39 is 0 Å². The van der Waals surface area contributed by atoms with Crippen LogP contribution < -0.4 is 10.9 Å². The van der Waals surface area contributed by atoms with Gasteiger partial charge in [0.2, 0.25) is 0 Å². The summed E-state index contributed by atoms with van der Waals surface area (Å²) < 4.78 is 2.12. The number of aromatic nitrogens is 2. The second-order valence-electron chi connectivity index (χ2n) is 4.94. The Bertz CT molecular complexity index is 465. The van der Waals surface area contributed by atoms with Crippen molar-refractivity contribution in [3.8, 4) is 0 Å². The molecule has 0 bridgehead atoms. The van der Waals surface area contributed by atoms with Gasteiger partial charge in [-0.3, -0.25) is 4.79 Å². The minimum atomic E-state index is -0.0484. The van der Waals surface area contributed by atoms with E-state index in [9.17, 15) is 4.79 Å². The number of rotatable bonds is 5. The summed E-state index contributed by atoms with van der Waals surface area (Å²) in [7, 11) is 0. The van der Waals surface area contributed by atoms with Gasteiger partial charge in [0.15, 0.2) is 0 Å². The number of hydrogen-bond acceptors (Lipinski definition) is 3. The van der Waals surface area contributed by atoms with E-state index in [2.05, 4.69) is 40.2 Å². The van der Waals surface area contributed by atoms with Gasteiger partial charge in [-0.25, -0.2) is 4.68 Å². The maximum absolute atomic E-state index is 12.0. The molecule has 0 atom stereocenters. The molecule has 1 aliphatic carbocycles. The number of aryl methyl sites for hydroxylation is 1. The summed E-state index contributed by atoms with van der Waals surface area (Å²) in [6.45, 7) is 4.94. The lowest BCUT2D eigenvalue weighted by Gasteiger charge is -2.14. The van der Waals surface area contributed by atoms with Gasteiger partial charge in [-0.05, 0) is 42.1 Å². The molecule has 0 radical (unpaired) electrons. The molecule has 0 spiro atoms. The molecule has 1 saturated carbocycles. The molecule has 0 aliphatic heterocycles. The Kier molecular flexibility index (Phi) is 3.56. The average molecular weight is 300 g/mol. The number of anilines is 1. The van der Waals surface area contributed by atoms with Crippen LogP contribution in [-0.4, -0.2) is 15.3 Å². The number of hydrogen-bond donors (Lipinski definition) is 1. The summed E-state index contributed by atoms with van der Waals surface area (Å²) in [4.78, 5) is 12.0. The van der Waals surface area contributed by atoms with Crippen molar-refractivity contribution in [3.05, 3.63) is 21.0 Å². The van der Waals surface area contributed by atoms with Gasteiger partial charge >= 0.3 is 0 Å². The molecule has 0 aromatic carbocycles. The molecule has 0 saturated heterocycles. The van der Waals surface area contributed by atoms with Crippen LogP contribution in [0, 0.1) is 0 Å². The molecule has 94 valence electrons. The fourth-order valence-corrected chi connectivity index (χ4v) is 2.06. The van der Waals surface area contributed by atoms with Crippen molar-refractivity contribution in [2.45, 2.75) is 51.6 Å². The fraction of sp³-hybridized carbons (Fsp3) is 0.667. The maximum Gasteiger partial charge on any atom is 0.283 e. The standard InChI is InChI=1S/C12H18BrN3O/c1-3-4-7-16-11(17)10(13)9(8-14-16)15-12(2)5-6-12/h8,15H,3-7H2,1-2H3. The summed E-state index contributed by atoms with van der Waals surface area (Å²) >= 11 is 3.37. The molecule has 1 aromatic heterocycles. The molecule has 0 amide bonds. The topological polar surface area (TPSA) is 46.9 Å². The van der Waals surface area contributed by atoms with Gasteiger partial charge in [0, 0.05) is 12.1 Å². The van der Waals surface area contributed by atoms with E-state index in [-0.39, 0.29) is 11.1 Å². The molecule has 1 aliphatic rings. The molecular formula is C12H18BrN3O. The van der Waals surface area contributed by atoms with E-state index >= 15 is 0 Å². The molecule has 1 fully saturated rings. The Hall–Kier alpha value is -0.840. The molecule has 1 heterocycles. The number of unbranched alkanes of at least 4 members (excludes halogenated alkanes) is 1. The summed E-state index contributed by atoms with van der Waals surface area (Å²) in [5, 5.41) is 7.56. The minimum Gasteiger partial charge on any atom is -0.378 e. The van der Waals surface area contributed by atoms with Crippen LogP contribution in [0.15, 0.2) is 15.5 Å². The van der Waals surface area contributed by atoms with E-state index in [0.717, 1.165) is 31.4 Å². The second kappa shape index (κ2) is 4.80. The van der Waals surface area contributed by atoms with Crippen LogP contribution in [0.25, 0.3) is 0 Å².